The molecule has 158 valence electrons. The van der Waals surface area contributed by atoms with Crippen molar-refractivity contribution in [2.24, 2.45) is 0 Å². The molecule has 2 rings (SSSR count). The minimum Gasteiger partial charge on any atom is -0.382 e. The van der Waals surface area contributed by atoms with Crippen LogP contribution in [-0.4, -0.2) is 6.04 Å². The van der Waals surface area contributed by atoms with Crippen molar-refractivity contribution in [1.29, 1.82) is 0 Å². The van der Waals surface area contributed by atoms with Crippen LogP contribution < -0.4 is 5.32 Å². The number of rotatable bonds is 8. The van der Waals surface area contributed by atoms with Crippen molar-refractivity contribution in [3.05, 3.63) is 88.7 Å². The van der Waals surface area contributed by atoms with Crippen LogP contribution >= 0.6 is 0 Å². The van der Waals surface area contributed by atoms with Crippen LogP contribution in [0.15, 0.2) is 77.6 Å². The summed E-state index contributed by atoms with van der Waals surface area (Å²) in [4.78, 5) is 0. The molecule has 1 nitrogen and oxygen atoms in total. The van der Waals surface area contributed by atoms with Crippen LogP contribution in [0, 0.1) is 0 Å². The molecule has 0 saturated carbocycles. The fourth-order valence-electron chi connectivity index (χ4n) is 3.38. The molecular formula is C28H41N. The van der Waals surface area contributed by atoms with E-state index in [1.807, 2.05) is 13.8 Å². The third-order valence-electron chi connectivity index (χ3n) is 5.08. The van der Waals surface area contributed by atoms with E-state index < -0.39 is 0 Å². The molecule has 0 amide bonds. The van der Waals surface area contributed by atoms with Crippen LogP contribution in [-0.2, 0) is 6.42 Å². The van der Waals surface area contributed by atoms with Gasteiger partial charge in [0, 0.05) is 11.7 Å². The second-order valence-electron chi connectivity index (χ2n) is 7.28. The van der Waals surface area contributed by atoms with Crippen molar-refractivity contribution in [3.63, 3.8) is 0 Å². The first kappa shape index (κ1) is 24.8. The lowest BCUT2D eigenvalue weighted by atomic mass is 9.90. The number of allylic oxidation sites excluding steroid dienone is 8. The molecule has 29 heavy (non-hydrogen) atoms. The highest BCUT2D eigenvalue weighted by Gasteiger charge is 2.12. The molecule has 0 bridgehead atoms. The Morgan fingerprint density at radius 2 is 1.93 bits per heavy atom. The standard InChI is InChI=1S/C26H35N.C2H6/c1-6-9-14-26(21(5)24-13-10-12-22(19-24)11-7-2)23-15-17-25(18-16-23)27-20(4)8-3;1-2/h8-10,12-17,19,25,27H,6-7,11,18H2,1-5H3;1-2H3/b14-9-,20-8-,26-21-;. The fraction of sp³-hybridized carbons (Fsp3) is 0.429. The highest BCUT2D eigenvalue weighted by Crippen LogP contribution is 2.29. The molecule has 0 saturated heterocycles. The predicted molar refractivity (Wildman–Crippen MR) is 132 cm³/mol. The van der Waals surface area contributed by atoms with E-state index in [0.717, 1.165) is 19.3 Å². The average molecular weight is 392 g/mol. The van der Waals surface area contributed by atoms with Gasteiger partial charge in [0.05, 0.1) is 0 Å². The lowest BCUT2D eigenvalue weighted by Gasteiger charge is -2.21. The molecule has 0 aliphatic heterocycles. The molecule has 1 atom stereocenters. The topological polar surface area (TPSA) is 12.0 Å². The van der Waals surface area contributed by atoms with E-state index in [1.165, 1.54) is 40.0 Å². The van der Waals surface area contributed by atoms with Gasteiger partial charge in [0.2, 0.25) is 0 Å². The van der Waals surface area contributed by atoms with Crippen molar-refractivity contribution in [1.82, 2.24) is 5.32 Å². The monoisotopic (exact) mass is 391 g/mol. The summed E-state index contributed by atoms with van der Waals surface area (Å²) in [5.41, 5.74) is 8.00. The van der Waals surface area contributed by atoms with Crippen LogP contribution in [0.4, 0.5) is 0 Å². The minimum atomic E-state index is 0.384. The number of hydrogen-bond acceptors (Lipinski definition) is 1. The Hall–Kier alpha value is -2.28. The van der Waals surface area contributed by atoms with E-state index in [9.17, 15) is 0 Å². The highest BCUT2D eigenvalue weighted by molar-refractivity contribution is 5.75. The maximum atomic E-state index is 3.55. The summed E-state index contributed by atoms with van der Waals surface area (Å²) >= 11 is 0. The predicted octanol–water partition coefficient (Wildman–Crippen LogP) is 8.17. The van der Waals surface area contributed by atoms with Gasteiger partial charge in [-0.1, -0.05) is 94.8 Å². The molecule has 1 aromatic rings. The van der Waals surface area contributed by atoms with Crippen LogP contribution in [0.2, 0.25) is 0 Å². The number of benzene rings is 1. The zero-order valence-electron chi connectivity index (χ0n) is 19.7. The number of nitrogens with one attached hydrogen (secondary N) is 1. The number of hydrogen-bond donors (Lipinski definition) is 1. The smallest absolute Gasteiger partial charge is 0.0479 e. The lowest BCUT2D eigenvalue weighted by Crippen LogP contribution is -2.26. The Kier molecular flexibility index (Phi) is 11.8. The third kappa shape index (κ3) is 7.93. The van der Waals surface area contributed by atoms with Crippen molar-refractivity contribution in [2.75, 3.05) is 0 Å². The van der Waals surface area contributed by atoms with Gasteiger partial charge in [0.15, 0.2) is 0 Å². The van der Waals surface area contributed by atoms with Gasteiger partial charge >= 0.3 is 0 Å². The van der Waals surface area contributed by atoms with Gasteiger partial charge < -0.3 is 5.32 Å². The first-order valence-electron chi connectivity index (χ1n) is 11.3. The van der Waals surface area contributed by atoms with Gasteiger partial charge in [-0.15, -0.1) is 0 Å². The molecular weight excluding hydrogens is 350 g/mol. The largest absolute Gasteiger partial charge is 0.382 e. The Balaban J connectivity index is 0.00000204. The second kappa shape index (κ2) is 13.8. The molecule has 0 radical (unpaired) electrons. The maximum Gasteiger partial charge on any atom is 0.0479 e. The van der Waals surface area contributed by atoms with Crippen molar-refractivity contribution in [3.8, 4) is 0 Å². The zero-order chi connectivity index (χ0) is 21.6. The van der Waals surface area contributed by atoms with E-state index in [4.69, 9.17) is 0 Å². The molecule has 1 aliphatic rings. The van der Waals surface area contributed by atoms with Gasteiger partial charge in [-0.25, -0.2) is 0 Å². The Labute approximate surface area is 180 Å². The van der Waals surface area contributed by atoms with E-state index in [-0.39, 0.29) is 0 Å². The molecule has 1 N–H and O–H groups in total. The molecule has 1 heteroatoms. The summed E-state index contributed by atoms with van der Waals surface area (Å²) in [5, 5.41) is 3.55. The van der Waals surface area contributed by atoms with Gasteiger partial charge in [0.1, 0.15) is 0 Å². The average Bonchev–Trinajstić information content (AvgIpc) is 2.76. The number of aryl methyl sites for hydroxylation is 1. The molecule has 0 heterocycles. The first-order valence-corrected chi connectivity index (χ1v) is 11.3. The molecule has 1 aliphatic carbocycles. The summed E-state index contributed by atoms with van der Waals surface area (Å²) in [5.74, 6) is 0. The lowest BCUT2D eigenvalue weighted by molar-refractivity contribution is 0.669. The van der Waals surface area contributed by atoms with Gasteiger partial charge in [-0.3, -0.25) is 0 Å². The molecule has 0 aromatic heterocycles. The highest BCUT2D eigenvalue weighted by atomic mass is 14.9. The molecule has 1 aromatic carbocycles. The zero-order valence-corrected chi connectivity index (χ0v) is 19.7. The van der Waals surface area contributed by atoms with E-state index in [2.05, 4.69) is 101 Å². The SMILES string of the molecule is C/C=C(/C)NC1C=CC(C(/C=C\CC)=C(/C)c2cccc(CCC)c2)=CC1.CC. The van der Waals surface area contributed by atoms with Gasteiger partial charge in [0.25, 0.3) is 0 Å². The Morgan fingerprint density at radius 3 is 2.52 bits per heavy atom. The van der Waals surface area contributed by atoms with Crippen molar-refractivity contribution in [2.45, 2.75) is 80.2 Å². The maximum absolute atomic E-state index is 3.55. The van der Waals surface area contributed by atoms with Gasteiger partial charge in [-0.05, 0) is 67.9 Å². The summed E-state index contributed by atoms with van der Waals surface area (Å²) in [6.45, 7) is 14.9. The van der Waals surface area contributed by atoms with E-state index in [1.54, 1.807) is 0 Å². The van der Waals surface area contributed by atoms with Crippen LogP contribution in [0.5, 0.6) is 0 Å². The fourth-order valence-corrected chi connectivity index (χ4v) is 3.38. The summed E-state index contributed by atoms with van der Waals surface area (Å²) < 4.78 is 0. The van der Waals surface area contributed by atoms with Gasteiger partial charge in [-0.2, -0.15) is 0 Å². The first-order chi connectivity index (χ1) is 14.1. The quantitative estimate of drug-likeness (QED) is 0.441. The Bertz CT molecular complexity index is 771. The second-order valence-corrected chi connectivity index (χ2v) is 7.28. The molecule has 0 fully saturated rings. The summed E-state index contributed by atoms with van der Waals surface area (Å²) in [6.07, 6.45) is 18.0. The van der Waals surface area contributed by atoms with Crippen molar-refractivity contribution < 1.29 is 0 Å². The van der Waals surface area contributed by atoms with E-state index in [0.29, 0.717) is 6.04 Å². The van der Waals surface area contributed by atoms with Crippen LogP contribution in [0.1, 0.15) is 78.9 Å². The Morgan fingerprint density at radius 1 is 1.17 bits per heavy atom. The van der Waals surface area contributed by atoms with Crippen molar-refractivity contribution >= 4 is 5.57 Å². The molecule has 1 unspecified atom stereocenters. The molecule has 0 spiro atoms. The summed E-state index contributed by atoms with van der Waals surface area (Å²) in [7, 11) is 0. The normalized spacial score (nSPS) is 17.4. The van der Waals surface area contributed by atoms with Crippen LogP contribution in [0.3, 0.4) is 0 Å². The summed E-state index contributed by atoms with van der Waals surface area (Å²) in [6, 6.07) is 9.40. The minimum absolute atomic E-state index is 0.384. The van der Waals surface area contributed by atoms with E-state index >= 15 is 0 Å². The third-order valence-corrected chi connectivity index (χ3v) is 5.08. The van der Waals surface area contributed by atoms with Crippen LogP contribution in [0.25, 0.3) is 5.57 Å².